The maximum Gasteiger partial charge on any atom is 0.315 e. The van der Waals surface area contributed by atoms with E-state index >= 15 is 0 Å². The summed E-state index contributed by atoms with van der Waals surface area (Å²) in [5.74, 6) is 0.696. The van der Waals surface area contributed by atoms with E-state index < -0.39 is 0 Å². The lowest BCUT2D eigenvalue weighted by atomic mass is 10.2. The molecule has 1 aromatic carbocycles. The maximum absolute atomic E-state index is 11.8. The van der Waals surface area contributed by atoms with Crippen LogP contribution in [-0.4, -0.2) is 13.1 Å². The molecule has 0 fully saturated rings. The van der Waals surface area contributed by atoms with Crippen LogP contribution in [0.2, 0.25) is 5.02 Å². The molecular formula is C14H14BrClN2O2S. The molecule has 0 aliphatic rings. The lowest BCUT2D eigenvalue weighted by Gasteiger charge is -2.10. The van der Waals surface area contributed by atoms with Crippen molar-refractivity contribution in [3.8, 4) is 5.75 Å². The normalized spacial score (nSPS) is 10.2. The standard InChI is InChI=1S/C14H14BrClN2O2S/c1-20-12-4-2-10(16)6-9(12)7-17-14(19)18-8-11-3-5-13(15)21-11/h2-6H,7-8H2,1H3,(H2,17,18,19). The van der Waals surface area contributed by atoms with Crippen LogP contribution in [0.5, 0.6) is 5.75 Å². The van der Waals surface area contributed by atoms with Crippen molar-refractivity contribution in [1.82, 2.24) is 10.6 Å². The monoisotopic (exact) mass is 388 g/mol. The van der Waals surface area contributed by atoms with Crippen molar-refractivity contribution in [2.45, 2.75) is 13.1 Å². The zero-order valence-corrected chi connectivity index (χ0v) is 14.4. The zero-order chi connectivity index (χ0) is 15.2. The molecule has 2 amide bonds. The van der Waals surface area contributed by atoms with Gasteiger partial charge in [-0.1, -0.05) is 11.6 Å². The van der Waals surface area contributed by atoms with E-state index in [4.69, 9.17) is 16.3 Å². The molecule has 4 nitrogen and oxygen atoms in total. The summed E-state index contributed by atoms with van der Waals surface area (Å²) in [7, 11) is 1.58. The van der Waals surface area contributed by atoms with Crippen LogP contribution in [0.25, 0.3) is 0 Å². The van der Waals surface area contributed by atoms with Crippen molar-refractivity contribution in [3.63, 3.8) is 0 Å². The molecule has 1 heterocycles. The Morgan fingerprint density at radius 2 is 2.05 bits per heavy atom. The average molecular weight is 390 g/mol. The fraction of sp³-hybridized carbons (Fsp3) is 0.214. The summed E-state index contributed by atoms with van der Waals surface area (Å²) in [6.07, 6.45) is 0. The highest BCUT2D eigenvalue weighted by atomic mass is 79.9. The molecule has 0 aliphatic heterocycles. The summed E-state index contributed by atoms with van der Waals surface area (Å²) < 4.78 is 6.28. The summed E-state index contributed by atoms with van der Waals surface area (Å²) in [4.78, 5) is 12.9. The number of benzene rings is 1. The predicted molar refractivity (Wildman–Crippen MR) is 89.1 cm³/mol. The third kappa shape index (κ3) is 4.91. The molecule has 21 heavy (non-hydrogen) atoms. The van der Waals surface area contributed by atoms with Crippen molar-refractivity contribution in [1.29, 1.82) is 0 Å². The first-order valence-electron chi connectivity index (χ1n) is 6.17. The quantitative estimate of drug-likeness (QED) is 0.806. The van der Waals surface area contributed by atoms with E-state index in [-0.39, 0.29) is 6.03 Å². The topological polar surface area (TPSA) is 50.4 Å². The highest BCUT2D eigenvalue weighted by Crippen LogP contribution is 2.23. The van der Waals surface area contributed by atoms with Gasteiger partial charge in [0.2, 0.25) is 0 Å². The summed E-state index contributed by atoms with van der Waals surface area (Å²) in [5, 5.41) is 6.19. The Labute approximate surface area is 140 Å². The Kier molecular flexibility index (Phi) is 5.90. The van der Waals surface area contributed by atoms with Gasteiger partial charge in [0.25, 0.3) is 0 Å². The van der Waals surface area contributed by atoms with Gasteiger partial charge in [0.05, 0.1) is 17.4 Å². The number of carbonyl (C=O) groups is 1. The van der Waals surface area contributed by atoms with E-state index in [2.05, 4.69) is 26.6 Å². The van der Waals surface area contributed by atoms with Crippen molar-refractivity contribution in [3.05, 3.63) is 49.6 Å². The molecule has 0 bridgehead atoms. The van der Waals surface area contributed by atoms with Gasteiger partial charge < -0.3 is 15.4 Å². The first kappa shape index (κ1) is 16.1. The van der Waals surface area contributed by atoms with Crippen molar-refractivity contribution < 1.29 is 9.53 Å². The number of rotatable bonds is 5. The van der Waals surface area contributed by atoms with E-state index in [9.17, 15) is 4.79 Å². The molecule has 1 aromatic heterocycles. The van der Waals surface area contributed by atoms with Crippen LogP contribution >= 0.6 is 38.9 Å². The molecule has 0 saturated carbocycles. The number of hydrogen-bond donors (Lipinski definition) is 2. The lowest BCUT2D eigenvalue weighted by molar-refractivity contribution is 0.240. The molecule has 0 atom stereocenters. The van der Waals surface area contributed by atoms with Crippen LogP contribution in [0.3, 0.4) is 0 Å². The Balaban J connectivity index is 1.85. The largest absolute Gasteiger partial charge is 0.496 e. The zero-order valence-electron chi connectivity index (χ0n) is 11.3. The maximum atomic E-state index is 11.8. The lowest BCUT2D eigenvalue weighted by Crippen LogP contribution is -2.34. The number of urea groups is 1. The Morgan fingerprint density at radius 1 is 1.29 bits per heavy atom. The van der Waals surface area contributed by atoms with Gasteiger partial charge >= 0.3 is 6.03 Å². The number of halogens is 2. The van der Waals surface area contributed by atoms with Gasteiger partial charge in [-0.05, 0) is 46.3 Å². The molecule has 7 heteroatoms. The molecule has 2 N–H and O–H groups in total. The molecule has 112 valence electrons. The highest BCUT2D eigenvalue weighted by Gasteiger charge is 2.07. The third-order valence-corrected chi connectivity index (χ3v) is 4.59. The number of methoxy groups -OCH3 is 1. The Hall–Kier alpha value is -1.24. The average Bonchev–Trinajstić information content (AvgIpc) is 2.88. The van der Waals surface area contributed by atoms with E-state index in [1.807, 2.05) is 12.1 Å². The molecule has 2 rings (SSSR count). The van der Waals surface area contributed by atoms with E-state index in [1.165, 1.54) is 0 Å². The van der Waals surface area contributed by atoms with Crippen LogP contribution < -0.4 is 15.4 Å². The minimum atomic E-state index is -0.235. The van der Waals surface area contributed by atoms with Crippen LogP contribution in [-0.2, 0) is 13.1 Å². The van der Waals surface area contributed by atoms with Crippen LogP contribution in [0.1, 0.15) is 10.4 Å². The van der Waals surface area contributed by atoms with Gasteiger partial charge in [-0.2, -0.15) is 0 Å². The number of hydrogen-bond acceptors (Lipinski definition) is 3. The Morgan fingerprint density at radius 3 is 2.71 bits per heavy atom. The molecular weight excluding hydrogens is 376 g/mol. The van der Waals surface area contributed by atoms with Crippen molar-refractivity contribution in [2.75, 3.05) is 7.11 Å². The van der Waals surface area contributed by atoms with E-state index in [1.54, 1.807) is 36.6 Å². The first-order chi connectivity index (χ1) is 10.1. The highest BCUT2D eigenvalue weighted by molar-refractivity contribution is 9.11. The van der Waals surface area contributed by atoms with E-state index in [0.717, 1.165) is 14.2 Å². The smallest absolute Gasteiger partial charge is 0.315 e. The molecule has 0 aliphatic carbocycles. The second-order valence-electron chi connectivity index (χ2n) is 4.20. The van der Waals surface area contributed by atoms with Gasteiger partial charge in [0, 0.05) is 22.0 Å². The summed E-state index contributed by atoms with van der Waals surface area (Å²) >= 11 is 10.9. The van der Waals surface area contributed by atoms with Crippen LogP contribution in [0, 0.1) is 0 Å². The van der Waals surface area contributed by atoms with Gasteiger partial charge in [-0.3, -0.25) is 0 Å². The fourth-order valence-corrected chi connectivity index (χ4v) is 3.36. The second-order valence-corrected chi connectivity index (χ2v) is 7.18. The molecule has 0 radical (unpaired) electrons. The van der Waals surface area contributed by atoms with Gasteiger partial charge in [0.1, 0.15) is 5.75 Å². The number of carbonyl (C=O) groups excluding carboxylic acids is 1. The number of thiophene rings is 1. The number of ether oxygens (including phenoxy) is 1. The third-order valence-electron chi connectivity index (χ3n) is 2.73. The molecule has 0 spiro atoms. The van der Waals surface area contributed by atoms with Gasteiger partial charge in [-0.25, -0.2) is 4.79 Å². The summed E-state index contributed by atoms with van der Waals surface area (Å²) in [5.41, 5.74) is 0.832. The molecule has 2 aromatic rings. The van der Waals surface area contributed by atoms with Crippen LogP contribution in [0.4, 0.5) is 4.79 Å². The summed E-state index contributed by atoms with van der Waals surface area (Å²) in [6, 6.07) is 8.99. The Bertz CT molecular complexity index is 633. The summed E-state index contributed by atoms with van der Waals surface area (Å²) in [6.45, 7) is 0.846. The van der Waals surface area contributed by atoms with Crippen LogP contribution in [0.15, 0.2) is 34.1 Å². The first-order valence-corrected chi connectivity index (χ1v) is 8.15. The van der Waals surface area contributed by atoms with Crippen molar-refractivity contribution >= 4 is 44.9 Å². The number of amides is 2. The van der Waals surface area contributed by atoms with Gasteiger partial charge in [0.15, 0.2) is 0 Å². The predicted octanol–water partition coefficient (Wildman–Crippen LogP) is 4.17. The van der Waals surface area contributed by atoms with Gasteiger partial charge in [-0.15, -0.1) is 11.3 Å². The van der Waals surface area contributed by atoms with Crippen molar-refractivity contribution in [2.24, 2.45) is 0 Å². The minimum absolute atomic E-state index is 0.235. The number of nitrogens with one attached hydrogen (secondary N) is 2. The fourth-order valence-electron chi connectivity index (χ4n) is 1.74. The SMILES string of the molecule is COc1ccc(Cl)cc1CNC(=O)NCc1ccc(Br)s1. The molecule has 0 unspecified atom stereocenters. The van der Waals surface area contributed by atoms with E-state index in [0.29, 0.717) is 23.9 Å². The minimum Gasteiger partial charge on any atom is -0.496 e. The second kappa shape index (κ2) is 7.68. The molecule has 0 saturated heterocycles.